The van der Waals surface area contributed by atoms with E-state index in [-0.39, 0.29) is 5.60 Å². The van der Waals surface area contributed by atoms with Crippen molar-refractivity contribution >= 4 is 0 Å². The number of hydrogen-bond donors (Lipinski definition) is 1. The Bertz CT molecular complexity index is 203. The Morgan fingerprint density at radius 3 is 2.06 bits per heavy atom. The van der Waals surface area contributed by atoms with Gasteiger partial charge in [0.25, 0.3) is 0 Å². The van der Waals surface area contributed by atoms with Crippen molar-refractivity contribution in [2.45, 2.75) is 65.5 Å². The molecule has 0 aliphatic carbocycles. The van der Waals surface area contributed by atoms with Gasteiger partial charge < -0.3 is 10.5 Å². The topological polar surface area (TPSA) is 38.5 Å². The summed E-state index contributed by atoms with van der Waals surface area (Å²) in [5, 5.41) is 0. The van der Waals surface area contributed by atoms with E-state index in [0.29, 0.717) is 12.6 Å². The van der Waals surface area contributed by atoms with Crippen molar-refractivity contribution in [2.24, 2.45) is 11.7 Å². The van der Waals surface area contributed by atoms with Crippen LogP contribution < -0.4 is 5.73 Å². The zero-order valence-electron chi connectivity index (χ0n) is 13.3. The van der Waals surface area contributed by atoms with Gasteiger partial charge in [0.1, 0.15) is 0 Å². The molecule has 110 valence electrons. The molecule has 0 spiro atoms. The van der Waals surface area contributed by atoms with Gasteiger partial charge in [-0.15, -0.1) is 0 Å². The third kappa shape index (κ3) is 6.17. The van der Waals surface area contributed by atoms with E-state index < -0.39 is 0 Å². The Morgan fingerprint density at radius 2 is 1.72 bits per heavy atom. The first-order valence-corrected chi connectivity index (χ1v) is 7.43. The van der Waals surface area contributed by atoms with Gasteiger partial charge in [-0.25, -0.2) is 0 Å². The number of ether oxygens (including phenoxy) is 1. The van der Waals surface area contributed by atoms with E-state index in [1.807, 2.05) is 0 Å². The maximum atomic E-state index is 5.97. The lowest BCUT2D eigenvalue weighted by molar-refractivity contribution is -0.00907. The maximum absolute atomic E-state index is 5.97. The molecule has 18 heavy (non-hydrogen) atoms. The summed E-state index contributed by atoms with van der Waals surface area (Å²) in [6, 6.07) is 0.422. The second kappa shape index (κ2) is 8.89. The first-order valence-electron chi connectivity index (χ1n) is 7.43. The first-order chi connectivity index (χ1) is 8.43. The van der Waals surface area contributed by atoms with Gasteiger partial charge in [0, 0.05) is 26.2 Å². The minimum absolute atomic E-state index is 0.0919. The van der Waals surface area contributed by atoms with Crippen LogP contribution in [0.1, 0.15) is 53.9 Å². The Balaban J connectivity index is 4.56. The van der Waals surface area contributed by atoms with Gasteiger partial charge in [-0.1, -0.05) is 33.6 Å². The number of methoxy groups -OCH3 is 1. The normalized spacial score (nSPS) is 14.5. The minimum Gasteiger partial charge on any atom is -0.379 e. The summed E-state index contributed by atoms with van der Waals surface area (Å²) in [6.07, 6.45) is 3.49. The number of hydrogen-bond acceptors (Lipinski definition) is 3. The molecule has 0 saturated carbocycles. The largest absolute Gasteiger partial charge is 0.379 e. The van der Waals surface area contributed by atoms with Gasteiger partial charge >= 0.3 is 0 Å². The maximum Gasteiger partial charge on any atom is 0.0638 e. The van der Waals surface area contributed by atoms with Gasteiger partial charge in [-0.05, 0) is 32.7 Å². The van der Waals surface area contributed by atoms with Crippen molar-refractivity contribution in [2.75, 3.05) is 26.7 Å². The Hall–Kier alpha value is -0.120. The average molecular weight is 258 g/mol. The molecule has 0 saturated heterocycles. The van der Waals surface area contributed by atoms with Crippen LogP contribution >= 0.6 is 0 Å². The molecule has 3 nitrogen and oxygen atoms in total. The summed E-state index contributed by atoms with van der Waals surface area (Å²) in [4.78, 5) is 2.53. The highest BCUT2D eigenvalue weighted by molar-refractivity contribution is 4.82. The van der Waals surface area contributed by atoms with Crippen LogP contribution in [0.25, 0.3) is 0 Å². The summed E-state index contributed by atoms with van der Waals surface area (Å²) < 4.78 is 5.54. The number of nitrogens with two attached hydrogens (primary N) is 1. The van der Waals surface area contributed by atoms with Crippen molar-refractivity contribution in [3.05, 3.63) is 0 Å². The molecular weight excluding hydrogens is 224 g/mol. The van der Waals surface area contributed by atoms with E-state index in [0.717, 1.165) is 25.4 Å². The van der Waals surface area contributed by atoms with Crippen LogP contribution in [0.4, 0.5) is 0 Å². The highest BCUT2D eigenvalue weighted by Crippen LogP contribution is 2.20. The predicted octanol–water partition coefficient (Wildman–Crippen LogP) is 2.89. The fourth-order valence-electron chi connectivity index (χ4n) is 2.43. The molecule has 0 aromatic carbocycles. The van der Waals surface area contributed by atoms with Gasteiger partial charge in [-0.3, -0.25) is 4.90 Å². The number of likely N-dealkylation sites (N-methyl/N-ethyl adjacent to an activating group) is 1. The number of nitrogens with zero attached hydrogens (tertiary/aromatic N) is 1. The van der Waals surface area contributed by atoms with Crippen LogP contribution in [0.5, 0.6) is 0 Å². The molecule has 0 bridgehead atoms. The molecular formula is C15H34N2O. The molecule has 0 fully saturated rings. The van der Waals surface area contributed by atoms with E-state index in [2.05, 4.69) is 39.5 Å². The van der Waals surface area contributed by atoms with Crippen molar-refractivity contribution in [1.29, 1.82) is 0 Å². The highest BCUT2D eigenvalue weighted by atomic mass is 16.5. The van der Waals surface area contributed by atoms with Gasteiger partial charge in [0.2, 0.25) is 0 Å². The molecule has 0 aromatic rings. The summed E-state index contributed by atoms with van der Waals surface area (Å²) in [6.45, 7) is 14.0. The van der Waals surface area contributed by atoms with Crippen LogP contribution in [0.2, 0.25) is 0 Å². The van der Waals surface area contributed by atoms with Crippen molar-refractivity contribution in [3.63, 3.8) is 0 Å². The SMILES string of the molecule is CCC(CC)CN(CC)C(CN)CC(C)(C)OC. The lowest BCUT2D eigenvalue weighted by Gasteiger charge is -2.37. The van der Waals surface area contributed by atoms with E-state index >= 15 is 0 Å². The highest BCUT2D eigenvalue weighted by Gasteiger charge is 2.26. The van der Waals surface area contributed by atoms with Crippen molar-refractivity contribution in [3.8, 4) is 0 Å². The van der Waals surface area contributed by atoms with E-state index in [9.17, 15) is 0 Å². The van der Waals surface area contributed by atoms with Crippen LogP contribution in [0.15, 0.2) is 0 Å². The molecule has 3 heteroatoms. The van der Waals surface area contributed by atoms with Gasteiger partial charge in [-0.2, -0.15) is 0 Å². The van der Waals surface area contributed by atoms with Crippen LogP contribution in [-0.2, 0) is 4.74 Å². The Labute approximate surface area is 114 Å². The monoisotopic (exact) mass is 258 g/mol. The second-order valence-electron chi connectivity index (χ2n) is 5.83. The Kier molecular flexibility index (Phi) is 8.83. The molecule has 0 aliphatic heterocycles. The second-order valence-corrected chi connectivity index (χ2v) is 5.83. The van der Waals surface area contributed by atoms with E-state index in [1.54, 1.807) is 7.11 Å². The lowest BCUT2D eigenvalue weighted by atomic mass is 9.95. The van der Waals surface area contributed by atoms with Crippen LogP contribution in [-0.4, -0.2) is 43.3 Å². The standard InChI is InChI=1S/C15H34N2O/c1-7-13(8-2)12-17(9-3)14(11-16)10-15(4,5)18-6/h13-14H,7-12,16H2,1-6H3. The molecule has 0 aliphatic rings. The van der Waals surface area contributed by atoms with Crippen molar-refractivity contribution < 1.29 is 4.74 Å². The smallest absolute Gasteiger partial charge is 0.0638 e. The average Bonchev–Trinajstić information content (AvgIpc) is 2.38. The molecule has 0 amide bonds. The molecule has 2 N–H and O–H groups in total. The lowest BCUT2D eigenvalue weighted by Crippen LogP contribution is -2.47. The molecule has 0 rings (SSSR count). The third-order valence-electron chi connectivity index (χ3n) is 4.12. The van der Waals surface area contributed by atoms with Gasteiger partial charge in [0.05, 0.1) is 5.60 Å². The van der Waals surface area contributed by atoms with E-state index in [4.69, 9.17) is 10.5 Å². The fourth-order valence-corrected chi connectivity index (χ4v) is 2.43. The molecule has 0 radical (unpaired) electrons. The Morgan fingerprint density at radius 1 is 1.17 bits per heavy atom. The van der Waals surface area contributed by atoms with Crippen molar-refractivity contribution in [1.82, 2.24) is 4.90 Å². The van der Waals surface area contributed by atoms with E-state index in [1.165, 1.54) is 12.8 Å². The summed E-state index contributed by atoms with van der Waals surface area (Å²) in [7, 11) is 1.78. The molecule has 1 unspecified atom stereocenters. The molecule has 1 atom stereocenters. The third-order valence-corrected chi connectivity index (χ3v) is 4.12. The molecule has 0 heterocycles. The quantitative estimate of drug-likeness (QED) is 0.655. The summed E-state index contributed by atoms with van der Waals surface area (Å²) in [5.41, 5.74) is 5.88. The zero-order chi connectivity index (χ0) is 14.2. The predicted molar refractivity (Wildman–Crippen MR) is 79.9 cm³/mol. The fraction of sp³-hybridized carbons (Fsp3) is 1.00. The van der Waals surface area contributed by atoms with Crippen LogP contribution in [0, 0.1) is 5.92 Å². The van der Waals surface area contributed by atoms with Gasteiger partial charge in [0.15, 0.2) is 0 Å². The number of rotatable bonds is 10. The minimum atomic E-state index is -0.0919. The molecule has 0 aromatic heterocycles. The zero-order valence-corrected chi connectivity index (χ0v) is 13.3. The summed E-state index contributed by atoms with van der Waals surface area (Å²) >= 11 is 0. The summed E-state index contributed by atoms with van der Waals surface area (Å²) in [5.74, 6) is 0.782. The van der Waals surface area contributed by atoms with Crippen LogP contribution in [0.3, 0.4) is 0 Å². The first kappa shape index (κ1) is 17.9.